The zero-order valence-corrected chi connectivity index (χ0v) is 15.3. The third-order valence-corrected chi connectivity index (χ3v) is 6.25. The summed E-state index contributed by atoms with van der Waals surface area (Å²) in [4.78, 5) is 18.4. The molecule has 1 aliphatic carbocycles. The molecule has 0 radical (unpaired) electrons. The number of amides is 2. The summed E-state index contributed by atoms with van der Waals surface area (Å²) >= 11 is 6.28. The molecule has 2 aromatic rings. The molecule has 0 unspecified atom stereocenters. The number of carbonyl (C=O) groups excluding carboxylic acids is 1. The van der Waals surface area contributed by atoms with Crippen LogP contribution in [0, 0.1) is 11.8 Å². The molecule has 3 aliphatic rings. The number of nitrogens with zero attached hydrogens (tertiary/aromatic N) is 2. The highest BCUT2D eigenvalue weighted by Crippen LogP contribution is 2.46. The average molecular weight is 390 g/mol. The molecule has 1 aromatic carbocycles. The molecule has 2 amide bonds. The molecule has 4 nitrogen and oxygen atoms in total. The number of hydrogen-bond donors (Lipinski definition) is 1. The first-order valence-electron chi connectivity index (χ1n) is 9.24. The minimum absolute atomic E-state index is 0.0838. The van der Waals surface area contributed by atoms with Gasteiger partial charge in [-0.25, -0.2) is 14.2 Å². The van der Waals surface area contributed by atoms with Gasteiger partial charge >= 0.3 is 6.03 Å². The Balaban J connectivity index is 1.42. The monoisotopic (exact) mass is 389 g/mol. The van der Waals surface area contributed by atoms with Crippen molar-refractivity contribution in [1.82, 2.24) is 9.88 Å². The molecule has 7 heteroatoms. The lowest BCUT2D eigenvalue weighted by molar-refractivity contribution is 0.178. The second-order valence-electron chi connectivity index (χ2n) is 7.59. The largest absolute Gasteiger partial charge is 0.322 e. The number of anilines is 1. The Morgan fingerprint density at radius 2 is 2.00 bits per heavy atom. The van der Waals surface area contributed by atoms with Gasteiger partial charge < -0.3 is 10.2 Å². The quantitative estimate of drug-likeness (QED) is 0.719. The van der Waals surface area contributed by atoms with Crippen molar-refractivity contribution >= 4 is 23.3 Å². The SMILES string of the molecule is O=C(Nc1cc(Cl)c(C2CC2)cc1F)N1[C@H]2CC[C@@H]1c1ccnc(F)c1C2. The average Bonchev–Trinajstić information content (AvgIpc) is 3.42. The van der Waals surface area contributed by atoms with Crippen molar-refractivity contribution in [2.45, 2.75) is 50.1 Å². The number of benzene rings is 1. The Labute approximate surface area is 160 Å². The maximum Gasteiger partial charge on any atom is 0.322 e. The number of rotatable bonds is 2. The third kappa shape index (κ3) is 2.78. The minimum Gasteiger partial charge on any atom is -0.314 e. The summed E-state index contributed by atoms with van der Waals surface area (Å²) in [7, 11) is 0. The second-order valence-corrected chi connectivity index (χ2v) is 7.99. The first-order valence-corrected chi connectivity index (χ1v) is 9.62. The van der Waals surface area contributed by atoms with Gasteiger partial charge in [-0.15, -0.1) is 0 Å². The number of carbonyl (C=O) groups is 1. The fraction of sp³-hybridized carbons (Fsp3) is 0.400. The number of aromatic nitrogens is 1. The van der Waals surface area contributed by atoms with E-state index in [2.05, 4.69) is 10.3 Å². The molecule has 2 bridgehead atoms. The second kappa shape index (κ2) is 6.16. The molecule has 3 heterocycles. The Morgan fingerprint density at radius 1 is 1.19 bits per heavy atom. The van der Waals surface area contributed by atoms with E-state index in [0.29, 0.717) is 22.9 Å². The van der Waals surface area contributed by atoms with Crippen LogP contribution < -0.4 is 5.32 Å². The van der Waals surface area contributed by atoms with Crippen molar-refractivity contribution in [2.75, 3.05) is 5.32 Å². The Morgan fingerprint density at radius 3 is 2.78 bits per heavy atom. The zero-order chi connectivity index (χ0) is 18.7. The van der Waals surface area contributed by atoms with Crippen LogP contribution in [0.15, 0.2) is 24.4 Å². The summed E-state index contributed by atoms with van der Waals surface area (Å²) in [6, 6.07) is 4.00. The lowest BCUT2D eigenvalue weighted by Crippen LogP contribution is -2.44. The maximum atomic E-state index is 14.5. The molecule has 140 valence electrons. The highest BCUT2D eigenvalue weighted by atomic mass is 35.5. The summed E-state index contributed by atoms with van der Waals surface area (Å²) in [6.45, 7) is 0. The van der Waals surface area contributed by atoms with Crippen LogP contribution in [-0.4, -0.2) is 22.0 Å². The van der Waals surface area contributed by atoms with Crippen LogP contribution in [-0.2, 0) is 6.42 Å². The maximum absolute atomic E-state index is 14.5. The van der Waals surface area contributed by atoms with Crippen LogP contribution in [0.3, 0.4) is 0 Å². The fourth-order valence-electron chi connectivity index (χ4n) is 4.47. The molecule has 1 aromatic heterocycles. The van der Waals surface area contributed by atoms with Gasteiger partial charge in [0.1, 0.15) is 5.82 Å². The molecule has 1 N–H and O–H groups in total. The van der Waals surface area contributed by atoms with E-state index in [0.717, 1.165) is 36.8 Å². The minimum atomic E-state index is -0.477. The molecule has 2 aliphatic heterocycles. The third-order valence-electron chi connectivity index (χ3n) is 5.92. The summed E-state index contributed by atoms with van der Waals surface area (Å²) in [5.74, 6) is -0.609. The number of urea groups is 1. The van der Waals surface area contributed by atoms with Gasteiger partial charge in [0.25, 0.3) is 0 Å². The van der Waals surface area contributed by atoms with E-state index in [-0.39, 0.29) is 23.8 Å². The number of pyridine rings is 1. The van der Waals surface area contributed by atoms with E-state index < -0.39 is 11.8 Å². The molecule has 2 fully saturated rings. The van der Waals surface area contributed by atoms with E-state index >= 15 is 0 Å². The van der Waals surface area contributed by atoms with Crippen LogP contribution in [0.2, 0.25) is 5.02 Å². The lowest BCUT2D eigenvalue weighted by atomic mass is 9.95. The van der Waals surface area contributed by atoms with Crippen molar-refractivity contribution < 1.29 is 13.6 Å². The predicted molar refractivity (Wildman–Crippen MR) is 97.9 cm³/mol. The van der Waals surface area contributed by atoms with Gasteiger partial charge in [-0.2, -0.15) is 4.39 Å². The first kappa shape index (κ1) is 16.9. The van der Waals surface area contributed by atoms with Gasteiger partial charge in [-0.3, -0.25) is 0 Å². The molecular weight excluding hydrogens is 372 g/mol. The molecule has 1 saturated heterocycles. The fourth-order valence-corrected chi connectivity index (χ4v) is 4.79. The standard InChI is InChI=1S/C20H18ClF2N3O/c21-15-9-17(16(22)8-13(15)10-1-2-10)25-20(27)26-11-3-4-18(26)12-5-6-24-19(23)14(12)7-11/h5-6,8-11,18H,1-4,7H2,(H,25,27)/t11-,18+/m0/s1. The van der Waals surface area contributed by atoms with Crippen molar-refractivity contribution in [3.8, 4) is 0 Å². The van der Waals surface area contributed by atoms with E-state index in [1.54, 1.807) is 11.0 Å². The normalized spacial score (nSPS) is 23.3. The van der Waals surface area contributed by atoms with Crippen LogP contribution in [0.4, 0.5) is 19.3 Å². The Bertz CT molecular complexity index is 947. The van der Waals surface area contributed by atoms with Gasteiger partial charge in [-0.1, -0.05) is 11.6 Å². The van der Waals surface area contributed by atoms with E-state index in [1.807, 2.05) is 0 Å². The van der Waals surface area contributed by atoms with E-state index in [9.17, 15) is 13.6 Å². The number of hydrogen-bond acceptors (Lipinski definition) is 2. The molecule has 2 atom stereocenters. The van der Waals surface area contributed by atoms with Gasteiger partial charge in [0.15, 0.2) is 0 Å². The summed E-state index contributed by atoms with van der Waals surface area (Å²) < 4.78 is 28.5. The summed E-state index contributed by atoms with van der Waals surface area (Å²) in [6.07, 6.45) is 5.45. The summed E-state index contributed by atoms with van der Waals surface area (Å²) in [5, 5.41) is 3.15. The Hall–Kier alpha value is -2.21. The summed E-state index contributed by atoms with van der Waals surface area (Å²) in [5.41, 5.74) is 2.29. The molecule has 27 heavy (non-hydrogen) atoms. The van der Waals surface area contributed by atoms with Gasteiger partial charge in [-0.05, 0) is 67.3 Å². The number of halogens is 3. The Kier molecular flexibility index (Phi) is 3.86. The van der Waals surface area contributed by atoms with Gasteiger partial charge in [0.2, 0.25) is 5.95 Å². The van der Waals surface area contributed by atoms with Gasteiger partial charge in [0.05, 0.1) is 11.7 Å². The zero-order valence-electron chi connectivity index (χ0n) is 14.5. The molecular formula is C20H18ClF2N3O. The number of nitrogens with one attached hydrogen (secondary N) is 1. The topological polar surface area (TPSA) is 45.2 Å². The highest BCUT2D eigenvalue weighted by molar-refractivity contribution is 6.31. The molecule has 0 spiro atoms. The van der Waals surface area contributed by atoms with Crippen molar-refractivity contribution in [2.24, 2.45) is 0 Å². The molecule has 1 saturated carbocycles. The van der Waals surface area contributed by atoms with Crippen LogP contribution in [0.1, 0.15) is 54.3 Å². The number of fused-ring (bicyclic) bond motifs is 4. The first-order chi connectivity index (χ1) is 13.0. The van der Waals surface area contributed by atoms with Crippen LogP contribution in [0.25, 0.3) is 0 Å². The smallest absolute Gasteiger partial charge is 0.314 e. The van der Waals surface area contributed by atoms with Gasteiger partial charge in [0, 0.05) is 22.8 Å². The van der Waals surface area contributed by atoms with E-state index in [1.165, 1.54) is 18.3 Å². The van der Waals surface area contributed by atoms with Crippen molar-refractivity contribution in [3.63, 3.8) is 0 Å². The van der Waals surface area contributed by atoms with Crippen molar-refractivity contribution in [3.05, 3.63) is 57.9 Å². The van der Waals surface area contributed by atoms with Crippen LogP contribution in [0.5, 0.6) is 0 Å². The van der Waals surface area contributed by atoms with E-state index in [4.69, 9.17) is 11.6 Å². The molecule has 5 rings (SSSR count). The highest BCUT2D eigenvalue weighted by Gasteiger charge is 2.43. The predicted octanol–water partition coefficient (Wildman–Crippen LogP) is 5.18. The van der Waals surface area contributed by atoms with Crippen LogP contribution >= 0.6 is 11.6 Å². The lowest BCUT2D eigenvalue weighted by Gasteiger charge is -2.36. The van der Waals surface area contributed by atoms with Crippen molar-refractivity contribution in [1.29, 1.82) is 0 Å².